The zero-order valence-corrected chi connectivity index (χ0v) is 21.1. The lowest BCUT2D eigenvalue weighted by molar-refractivity contribution is -0.00869. The maximum absolute atomic E-state index is 12.8. The van der Waals surface area contributed by atoms with Crippen LogP contribution in [0.1, 0.15) is 124 Å². The Bertz CT molecular complexity index is 561. The van der Waals surface area contributed by atoms with Crippen LogP contribution in [-0.2, 0) is 9.47 Å². The van der Waals surface area contributed by atoms with Gasteiger partial charge in [0.05, 0.1) is 6.04 Å². The first-order valence-corrected chi connectivity index (χ1v) is 13.3. The Morgan fingerprint density at radius 1 is 0.969 bits per heavy atom. The highest BCUT2D eigenvalue weighted by Crippen LogP contribution is 2.29. The van der Waals surface area contributed by atoms with Gasteiger partial charge in [-0.05, 0) is 27.2 Å². The number of alkyl carbamates (subject to hydrolysis) is 1. The van der Waals surface area contributed by atoms with Crippen molar-refractivity contribution < 1.29 is 19.1 Å². The van der Waals surface area contributed by atoms with Gasteiger partial charge in [-0.25, -0.2) is 9.59 Å². The summed E-state index contributed by atoms with van der Waals surface area (Å²) in [6.07, 6.45) is 18.1. The molecule has 6 nitrogen and oxygen atoms in total. The number of carbonyl (C=O) groups excluding carboxylic acids is 2. The van der Waals surface area contributed by atoms with Gasteiger partial charge >= 0.3 is 12.2 Å². The molecule has 0 unspecified atom stereocenters. The van der Waals surface area contributed by atoms with Crippen LogP contribution in [0.3, 0.4) is 0 Å². The molecule has 0 spiro atoms. The maximum atomic E-state index is 12.8. The SMILES string of the molecule is CCCCCCCCCCCCCCC[C@@H]1C[C@H]2OC(=O)N[C@H]2CN1C(=O)OC(C)(C)C. The van der Waals surface area contributed by atoms with Crippen molar-refractivity contribution >= 4 is 12.2 Å². The number of amides is 2. The van der Waals surface area contributed by atoms with Crippen molar-refractivity contribution in [2.75, 3.05) is 6.54 Å². The molecular weight excluding hydrogens is 404 g/mol. The van der Waals surface area contributed by atoms with Crippen molar-refractivity contribution in [3.63, 3.8) is 0 Å². The highest BCUT2D eigenvalue weighted by Gasteiger charge is 2.45. The number of unbranched alkanes of at least 4 members (excludes halogenated alkanes) is 12. The van der Waals surface area contributed by atoms with Crippen molar-refractivity contribution in [2.45, 2.75) is 148 Å². The third kappa shape index (κ3) is 9.99. The average Bonchev–Trinajstić information content (AvgIpc) is 3.08. The van der Waals surface area contributed by atoms with E-state index in [9.17, 15) is 9.59 Å². The Hall–Kier alpha value is -1.46. The Kier molecular flexibility index (Phi) is 11.7. The highest BCUT2D eigenvalue weighted by molar-refractivity contribution is 5.72. The molecule has 2 fully saturated rings. The summed E-state index contributed by atoms with van der Waals surface area (Å²) in [4.78, 5) is 26.2. The fraction of sp³-hybridized carbons (Fsp3) is 0.923. The largest absolute Gasteiger partial charge is 0.444 e. The van der Waals surface area contributed by atoms with E-state index < -0.39 is 5.60 Å². The average molecular weight is 453 g/mol. The summed E-state index contributed by atoms with van der Waals surface area (Å²) < 4.78 is 11.0. The summed E-state index contributed by atoms with van der Waals surface area (Å²) in [5.41, 5.74) is -0.524. The minimum atomic E-state index is -0.524. The van der Waals surface area contributed by atoms with Gasteiger partial charge in [0, 0.05) is 19.0 Å². The van der Waals surface area contributed by atoms with Crippen molar-refractivity contribution in [3.05, 3.63) is 0 Å². The van der Waals surface area contributed by atoms with Gasteiger partial charge in [-0.3, -0.25) is 0 Å². The normalized spacial score (nSPS) is 22.9. The van der Waals surface area contributed by atoms with E-state index in [2.05, 4.69) is 12.2 Å². The van der Waals surface area contributed by atoms with Crippen molar-refractivity contribution in [2.24, 2.45) is 0 Å². The summed E-state index contributed by atoms with van der Waals surface area (Å²) >= 11 is 0. The lowest BCUT2D eigenvalue weighted by atomic mass is 9.92. The number of rotatable bonds is 14. The fourth-order valence-electron chi connectivity index (χ4n) is 4.85. The number of ether oxygens (including phenoxy) is 2. The van der Waals surface area contributed by atoms with Gasteiger partial charge in [0.1, 0.15) is 11.7 Å². The van der Waals surface area contributed by atoms with Crippen LogP contribution in [-0.4, -0.2) is 47.4 Å². The van der Waals surface area contributed by atoms with E-state index in [-0.39, 0.29) is 30.4 Å². The van der Waals surface area contributed by atoms with Crippen molar-refractivity contribution in [3.8, 4) is 0 Å². The van der Waals surface area contributed by atoms with E-state index in [0.29, 0.717) is 13.0 Å². The summed E-state index contributed by atoms with van der Waals surface area (Å²) in [6, 6.07) is -0.0515. The predicted octanol–water partition coefficient (Wildman–Crippen LogP) is 6.95. The van der Waals surface area contributed by atoms with E-state index in [1.54, 1.807) is 0 Å². The first kappa shape index (κ1) is 26.8. The van der Waals surface area contributed by atoms with Gasteiger partial charge in [-0.1, -0.05) is 90.4 Å². The predicted molar refractivity (Wildman–Crippen MR) is 129 cm³/mol. The van der Waals surface area contributed by atoms with Crippen LogP contribution in [0.2, 0.25) is 0 Å². The maximum Gasteiger partial charge on any atom is 0.410 e. The minimum absolute atomic E-state index is 0.0755. The van der Waals surface area contributed by atoms with Crippen LogP contribution in [0.25, 0.3) is 0 Å². The third-order valence-electron chi connectivity index (χ3n) is 6.62. The third-order valence-corrected chi connectivity index (χ3v) is 6.62. The fourth-order valence-corrected chi connectivity index (χ4v) is 4.85. The summed E-state index contributed by atoms with van der Waals surface area (Å²) in [7, 11) is 0. The Morgan fingerprint density at radius 3 is 2.03 bits per heavy atom. The van der Waals surface area contributed by atoms with Gasteiger partial charge in [0.15, 0.2) is 0 Å². The van der Waals surface area contributed by atoms with E-state index in [1.165, 1.54) is 77.0 Å². The second-order valence-corrected chi connectivity index (χ2v) is 10.7. The second kappa shape index (κ2) is 13.9. The molecule has 186 valence electrons. The molecule has 2 saturated heterocycles. The van der Waals surface area contributed by atoms with Crippen LogP contribution in [0.15, 0.2) is 0 Å². The lowest BCUT2D eigenvalue weighted by Crippen LogP contribution is -2.56. The Balaban J connectivity index is 1.62. The first-order chi connectivity index (χ1) is 15.3. The van der Waals surface area contributed by atoms with E-state index in [1.807, 2.05) is 25.7 Å². The van der Waals surface area contributed by atoms with Crippen LogP contribution in [0.4, 0.5) is 9.59 Å². The monoisotopic (exact) mass is 452 g/mol. The number of carbonyl (C=O) groups is 2. The summed E-state index contributed by atoms with van der Waals surface area (Å²) in [5, 5.41) is 2.83. The highest BCUT2D eigenvalue weighted by atomic mass is 16.6. The molecule has 32 heavy (non-hydrogen) atoms. The molecule has 2 heterocycles. The van der Waals surface area contributed by atoms with Gasteiger partial charge in [0.25, 0.3) is 0 Å². The molecule has 0 radical (unpaired) electrons. The molecule has 0 aromatic rings. The van der Waals surface area contributed by atoms with Crippen molar-refractivity contribution in [1.82, 2.24) is 10.2 Å². The molecular formula is C26H48N2O4. The number of nitrogens with one attached hydrogen (secondary N) is 1. The van der Waals surface area contributed by atoms with E-state index >= 15 is 0 Å². The lowest BCUT2D eigenvalue weighted by Gasteiger charge is -2.40. The minimum Gasteiger partial charge on any atom is -0.444 e. The molecule has 2 amide bonds. The van der Waals surface area contributed by atoms with Gasteiger partial charge in [0.2, 0.25) is 0 Å². The smallest absolute Gasteiger partial charge is 0.410 e. The van der Waals surface area contributed by atoms with Gasteiger partial charge < -0.3 is 19.7 Å². The van der Waals surface area contributed by atoms with E-state index in [4.69, 9.17) is 9.47 Å². The number of nitrogens with zero attached hydrogens (tertiary/aromatic N) is 1. The molecule has 1 N–H and O–H groups in total. The Labute approximate surface area is 196 Å². The number of hydrogen-bond acceptors (Lipinski definition) is 4. The number of hydrogen-bond donors (Lipinski definition) is 1. The second-order valence-electron chi connectivity index (χ2n) is 10.7. The zero-order valence-electron chi connectivity index (χ0n) is 21.1. The molecule has 2 aliphatic heterocycles. The molecule has 0 bridgehead atoms. The molecule has 6 heteroatoms. The molecule has 0 aliphatic carbocycles. The molecule has 0 saturated carbocycles. The number of likely N-dealkylation sites (tertiary alicyclic amines) is 1. The first-order valence-electron chi connectivity index (χ1n) is 13.3. The Morgan fingerprint density at radius 2 is 1.50 bits per heavy atom. The number of fused-ring (bicyclic) bond motifs is 1. The molecule has 3 atom stereocenters. The van der Waals surface area contributed by atoms with Crippen LogP contribution >= 0.6 is 0 Å². The topological polar surface area (TPSA) is 67.9 Å². The summed E-state index contributed by atoms with van der Waals surface area (Å²) in [6.45, 7) is 8.40. The zero-order chi connectivity index (χ0) is 23.4. The van der Waals surface area contributed by atoms with Crippen LogP contribution < -0.4 is 5.32 Å². The standard InChI is InChI=1S/C26H48N2O4/c1-5-6-7-8-9-10-11-12-13-14-15-16-17-18-21-19-23-22(27-24(29)31-23)20-28(21)25(30)32-26(2,3)4/h21-23H,5-20H2,1-4H3,(H,27,29)/t21-,22+,23-/m1/s1. The van der Waals surface area contributed by atoms with E-state index in [0.717, 1.165) is 12.8 Å². The van der Waals surface area contributed by atoms with Crippen molar-refractivity contribution in [1.29, 1.82) is 0 Å². The number of piperidine rings is 1. The molecule has 0 aromatic heterocycles. The molecule has 2 rings (SSSR count). The van der Waals surface area contributed by atoms with Crippen LogP contribution in [0.5, 0.6) is 0 Å². The van der Waals surface area contributed by atoms with Crippen LogP contribution in [0, 0.1) is 0 Å². The van der Waals surface area contributed by atoms with Gasteiger partial charge in [-0.2, -0.15) is 0 Å². The summed E-state index contributed by atoms with van der Waals surface area (Å²) in [5.74, 6) is 0. The van der Waals surface area contributed by atoms with Gasteiger partial charge in [-0.15, -0.1) is 0 Å². The molecule has 0 aromatic carbocycles. The quantitative estimate of drug-likeness (QED) is 0.289. The molecule has 2 aliphatic rings.